The summed E-state index contributed by atoms with van der Waals surface area (Å²) in [5, 5.41) is 9.65. The van der Waals surface area contributed by atoms with Crippen LogP contribution in [0, 0.1) is 6.92 Å². The molecule has 3 heterocycles. The first-order valence-electron chi connectivity index (χ1n) is 7.82. The summed E-state index contributed by atoms with van der Waals surface area (Å²) in [7, 11) is 0. The molecule has 1 saturated heterocycles. The number of likely N-dealkylation sites (tertiary alicyclic amines) is 1. The number of H-pyrrole nitrogens is 2. The molecular weight excluding hydrogens is 328 g/mol. The highest BCUT2D eigenvalue weighted by atomic mass is 16.5. The number of nitrogens with zero attached hydrogens (tertiary/aromatic N) is 2. The minimum Gasteiger partial charge on any atom is -0.478 e. The van der Waals surface area contributed by atoms with E-state index in [1.807, 2.05) is 6.92 Å². The Balaban J connectivity index is 1.72. The summed E-state index contributed by atoms with van der Waals surface area (Å²) in [6.07, 6.45) is 3.06. The largest absolute Gasteiger partial charge is 0.478 e. The number of aryl methyl sites for hydroxylation is 1. The average Bonchev–Trinajstić information content (AvgIpc) is 3.03. The Morgan fingerprint density at radius 3 is 2.56 bits per heavy atom. The van der Waals surface area contributed by atoms with Crippen LogP contribution in [0.15, 0.2) is 29.3 Å². The number of hydrogen-bond acceptors (Lipinski definition) is 5. The van der Waals surface area contributed by atoms with E-state index in [9.17, 15) is 19.5 Å². The Morgan fingerprint density at radius 1 is 1.32 bits per heavy atom. The SMILES string of the molecule is Cc1ccc(OC2(C(=O)O)CCN(C(=O)c3c[nH]c(=O)[nH]3)CC2)cn1. The van der Waals surface area contributed by atoms with Gasteiger partial charge in [-0.15, -0.1) is 0 Å². The Hall–Kier alpha value is -3.10. The molecule has 3 N–H and O–H groups in total. The van der Waals surface area contributed by atoms with Crippen LogP contribution in [0.3, 0.4) is 0 Å². The maximum Gasteiger partial charge on any atom is 0.348 e. The van der Waals surface area contributed by atoms with Gasteiger partial charge in [0.1, 0.15) is 11.4 Å². The van der Waals surface area contributed by atoms with Crippen molar-refractivity contribution in [3.8, 4) is 5.75 Å². The summed E-state index contributed by atoms with van der Waals surface area (Å²) < 4.78 is 5.73. The lowest BCUT2D eigenvalue weighted by Gasteiger charge is -2.38. The number of aliphatic carboxylic acids is 1. The number of carboxylic acid groups (broad SMARTS) is 1. The first kappa shape index (κ1) is 16.7. The second kappa shape index (κ2) is 6.42. The Labute approximate surface area is 142 Å². The number of ether oxygens (including phenoxy) is 1. The number of hydrogen-bond donors (Lipinski definition) is 3. The van der Waals surface area contributed by atoms with Crippen molar-refractivity contribution in [1.82, 2.24) is 19.9 Å². The van der Waals surface area contributed by atoms with Crippen LogP contribution >= 0.6 is 0 Å². The molecule has 0 radical (unpaired) electrons. The minimum atomic E-state index is -1.40. The second-order valence-corrected chi connectivity index (χ2v) is 5.99. The van der Waals surface area contributed by atoms with Crippen LogP contribution in [0.25, 0.3) is 0 Å². The number of amides is 1. The monoisotopic (exact) mass is 346 g/mol. The number of pyridine rings is 1. The van der Waals surface area contributed by atoms with E-state index in [4.69, 9.17) is 4.74 Å². The third-order valence-corrected chi connectivity index (χ3v) is 4.27. The van der Waals surface area contributed by atoms with Gasteiger partial charge in [-0.3, -0.25) is 9.78 Å². The van der Waals surface area contributed by atoms with Crippen molar-refractivity contribution in [2.75, 3.05) is 13.1 Å². The molecule has 0 spiro atoms. The van der Waals surface area contributed by atoms with Gasteiger partial charge in [0.2, 0.25) is 5.60 Å². The lowest BCUT2D eigenvalue weighted by molar-refractivity contribution is -0.159. The van der Waals surface area contributed by atoms with Crippen molar-refractivity contribution in [3.63, 3.8) is 0 Å². The molecule has 2 aromatic rings. The molecule has 9 nitrogen and oxygen atoms in total. The van der Waals surface area contributed by atoms with Gasteiger partial charge >= 0.3 is 11.7 Å². The Morgan fingerprint density at radius 2 is 2.04 bits per heavy atom. The molecule has 0 atom stereocenters. The molecule has 0 bridgehead atoms. The highest BCUT2D eigenvalue weighted by Crippen LogP contribution is 2.29. The number of rotatable bonds is 4. The zero-order valence-corrected chi connectivity index (χ0v) is 13.6. The first-order chi connectivity index (χ1) is 11.9. The maximum atomic E-state index is 12.3. The smallest absolute Gasteiger partial charge is 0.348 e. The molecule has 3 rings (SSSR count). The van der Waals surface area contributed by atoms with E-state index in [2.05, 4.69) is 15.0 Å². The fraction of sp³-hybridized carbons (Fsp3) is 0.375. The highest BCUT2D eigenvalue weighted by Gasteiger charge is 2.45. The molecule has 1 amide bonds. The number of nitrogens with one attached hydrogen (secondary N) is 2. The average molecular weight is 346 g/mol. The molecular formula is C16H18N4O5. The fourth-order valence-corrected chi connectivity index (χ4v) is 2.79. The van der Waals surface area contributed by atoms with Gasteiger partial charge in [0.25, 0.3) is 5.91 Å². The molecule has 0 saturated carbocycles. The maximum absolute atomic E-state index is 12.3. The molecule has 0 aliphatic carbocycles. The van der Waals surface area contributed by atoms with Gasteiger partial charge in [-0.25, -0.2) is 9.59 Å². The molecule has 1 fully saturated rings. The molecule has 25 heavy (non-hydrogen) atoms. The van der Waals surface area contributed by atoms with Gasteiger partial charge in [-0.2, -0.15) is 0 Å². The van der Waals surface area contributed by atoms with Crippen molar-refractivity contribution < 1.29 is 19.4 Å². The zero-order valence-electron chi connectivity index (χ0n) is 13.6. The van der Waals surface area contributed by atoms with E-state index in [-0.39, 0.29) is 37.5 Å². The normalized spacial score (nSPS) is 16.4. The fourth-order valence-electron chi connectivity index (χ4n) is 2.79. The lowest BCUT2D eigenvalue weighted by Crippen LogP contribution is -2.54. The summed E-state index contributed by atoms with van der Waals surface area (Å²) in [4.78, 5) is 45.6. The van der Waals surface area contributed by atoms with Crippen molar-refractivity contribution in [1.29, 1.82) is 0 Å². The highest BCUT2D eigenvalue weighted by molar-refractivity contribution is 5.92. The third-order valence-electron chi connectivity index (χ3n) is 4.27. The molecule has 132 valence electrons. The van der Waals surface area contributed by atoms with Gasteiger partial charge < -0.3 is 24.7 Å². The quantitative estimate of drug-likeness (QED) is 0.741. The summed E-state index contributed by atoms with van der Waals surface area (Å²) in [5.41, 5.74) is -0.913. The standard InChI is InChI=1S/C16H18N4O5/c1-10-2-3-11(8-17-10)25-16(14(22)23)4-6-20(7-5-16)13(21)12-9-18-15(24)19-12/h2-3,8-9H,4-7H2,1H3,(H,22,23)(H2,18,19,24). The van der Waals surface area contributed by atoms with Gasteiger partial charge in [-0.05, 0) is 19.1 Å². The molecule has 0 unspecified atom stereocenters. The molecule has 1 aliphatic rings. The summed E-state index contributed by atoms with van der Waals surface area (Å²) in [6, 6.07) is 3.42. The minimum absolute atomic E-state index is 0.136. The van der Waals surface area contributed by atoms with Crippen molar-refractivity contribution in [2.45, 2.75) is 25.4 Å². The molecule has 2 aromatic heterocycles. The van der Waals surface area contributed by atoms with Crippen molar-refractivity contribution in [2.24, 2.45) is 0 Å². The van der Waals surface area contributed by atoms with E-state index in [0.717, 1.165) is 5.69 Å². The van der Waals surface area contributed by atoms with Crippen LogP contribution in [0.5, 0.6) is 5.75 Å². The Bertz CT molecular complexity index is 831. The Kier molecular flexibility index (Phi) is 4.30. The van der Waals surface area contributed by atoms with E-state index in [1.165, 1.54) is 17.3 Å². The van der Waals surface area contributed by atoms with Crippen LogP contribution in [0.1, 0.15) is 29.0 Å². The van der Waals surface area contributed by atoms with Gasteiger partial charge in [0.05, 0.1) is 6.20 Å². The van der Waals surface area contributed by atoms with E-state index < -0.39 is 17.3 Å². The van der Waals surface area contributed by atoms with Crippen LogP contribution < -0.4 is 10.4 Å². The third kappa shape index (κ3) is 3.39. The van der Waals surface area contributed by atoms with Gasteiger partial charge in [0, 0.05) is 37.8 Å². The predicted molar refractivity (Wildman–Crippen MR) is 86.5 cm³/mol. The first-order valence-corrected chi connectivity index (χ1v) is 7.82. The van der Waals surface area contributed by atoms with Crippen LogP contribution in [0.2, 0.25) is 0 Å². The number of aromatic amines is 2. The van der Waals surface area contributed by atoms with E-state index in [1.54, 1.807) is 12.1 Å². The summed E-state index contributed by atoms with van der Waals surface area (Å²) in [5.74, 6) is -1.05. The summed E-state index contributed by atoms with van der Waals surface area (Å²) in [6.45, 7) is 2.24. The lowest BCUT2D eigenvalue weighted by atomic mass is 9.91. The van der Waals surface area contributed by atoms with Crippen LogP contribution in [0.4, 0.5) is 0 Å². The van der Waals surface area contributed by atoms with Crippen molar-refractivity contribution in [3.05, 3.63) is 46.4 Å². The number of piperidine rings is 1. The van der Waals surface area contributed by atoms with Gasteiger partial charge in [-0.1, -0.05) is 0 Å². The van der Waals surface area contributed by atoms with E-state index in [0.29, 0.717) is 5.75 Å². The van der Waals surface area contributed by atoms with Crippen LogP contribution in [-0.4, -0.2) is 55.5 Å². The number of imidazole rings is 1. The number of carboxylic acids is 1. The zero-order chi connectivity index (χ0) is 18.0. The topological polar surface area (TPSA) is 128 Å². The molecule has 0 aromatic carbocycles. The van der Waals surface area contributed by atoms with Crippen LogP contribution in [-0.2, 0) is 4.79 Å². The molecule has 9 heteroatoms. The van der Waals surface area contributed by atoms with E-state index >= 15 is 0 Å². The summed E-state index contributed by atoms with van der Waals surface area (Å²) >= 11 is 0. The predicted octanol–water partition coefficient (Wildman–Crippen LogP) is 0.545. The second-order valence-electron chi connectivity index (χ2n) is 5.99. The van der Waals surface area contributed by atoms with Gasteiger partial charge in [0.15, 0.2) is 0 Å². The number of carbonyl (C=O) groups is 2. The van der Waals surface area contributed by atoms with Crippen molar-refractivity contribution >= 4 is 11.9 Å². The molecule has 1 aliphatic heterocycles. The number of aromatic nitrogens is 3. The number of carbonyl (C=O) groups excluding carboxylic acids is 1.